The first-order chi connectivity index (χ1) is 19.4. The average Bonchev–Trinajstić information content (AvgIpc) is 3.39. The lowest BCUT2D eigenvalue weighted by Crippen LogP contribution is -2.49. The molecule has 40 heavy (non-hydrogen) atoms. The summed E-state index contributed by atoms with van der Waals surface area (Å²) in [5.74, 6) is 1.38. The molecule has 6 rings (SSSR count). The van der Waals surface area contributed by atoms with Gasteiger partial charge in [-0.05, 0) is 50.9 Å². The van der Waals surface area contributed by atoms with Crippen molar-refractivity contribution < 1.29 is 19.0 Å². The van der Waals surface area contributed by atoms with Gasteiger partial charge in [-0.3, -0.25) is 4.79 Å². The van der Waals surface area contributed by atoms with Crippen molar-refractivity contribution in [2.24, 2.45) is 0 Å². The molecule has 0 aliphatic carbocycles. The van der Waals surface area contributed by atoms with Crippen LogP contribution in [0.5, 0.6) is 17.6 Å². The van der Waals surface area contributed by atoms with E-state index in [-0.39, 0.29) is 18.0 Å². The maximum absolute atomic E-state index is 12.2. The Kier molecular flexibility index (Phi) is 7.42. The van der Waals surface area contributed by atoms with Crippen LogP contribution in [0, 0.1) is 0 Å². The van der Waals surface area contributed by atoms with E-state index in [0.29, 0.717) is 61.3 Å². The Bertz CT molecular complexity index is 1420. The van der Waals surface area contributed by atoms with Crippen LogP contribution in [0.2, 0.25) is 5.02 Å². The van der Waals surface area contributed by atoms with Crippen LogP contribution in [0.3, 0.4) is 0 Å². The van der Waals surface area contributed by atoms with E-state index in [1.807, 2.05) is 43.3 Å². The number of benzene rings is 2. The van der Waals surface area contributed by atoms with Crippen LogP contribution >= 0.6 is 11.6 Å². The quantitative estimate of drug-likeness (QED) is 0.406. The minimum absolute atomic E-state index is 0.0705. The summed E-state index contributed by atoms with van der Waals surface area (Å²) in [5.41, 5.74) is 0.938. The normalized spacial score (nSPS) is 22.9. The SMILES string of the molecule is C=CC(=O)N1CCN(c2nc(OCC3CCCN3C)nc3c2O[C@H](C)C(c2cccc4cccc(Cl)c24)O3)CC1. The van der Waals surface area contributed by atoms with Crippen molar-refractivity contribution in [3.05, 3.63) is 59.6 Å². The first-order valence-corrected chi connectivity index (χ1v) is 14.2. The number of piperazine rings is 1. The number of nitrogens with zero attached hydrogens (tertiary/aromatic N) is 5. The third-order valence-corrected chi connectivity index (χ3v) is 8.41. The monoisotopic (exact) mass is 563 g/mol. The highest BCUT2D eigenvalue weighted by molar-refractivity contribution is 6.35. The number of halogens is 1. The Balaban J connectivity index is 1.34. The smallest absolute Gasteiger partial charge is 0.322 e. The van der Waals surface area contributed by atoms with Crippen LogP contribution in [0.25, 0.3) is 10.8 Å². The lowest BCUT2D eigenvalue weighted by atomic mass is 9.97. The molecule has 3 aromatic rings. The van der Waals surface area contributed by atoms with Gasteiger partial charge in [0.15, 0.2) is 11.9 Å². The van der Waals surface area contributed by atoms with E-state index in [2.05, 4.69) is 28.4 Å². The summed E-state index contributed by atoms with van der Waals surface area (Å²) in [7, 11) is 2.11. The van der Waals surface area contributed by atoms with E-state index < -0.39 is 6.10 Å². The van der Waals surface area contributed by atoms with Crippen LogP contribution in [-0.2, 0) is 4.79 Å². The molecule has 3 atom stereocenters. The van der Waals surface area contributed by atoms with E-state index in [1.165, 1.54) is 6.08 Å². The zero-order valence-corrected chi connectivity index (χ0v) is 23.6. The van der Waals surface area contributed by atoms with E-state index in [9.17, 15) is 4.79 Å². The number of likely N-dealkylation sites (N-methyl/N-ethyl adjacent to an activating group) is 1. The summed E-state index contributed by atoms with van der Waals surface area (Å²) in [6.45, 7) is 9.44. The third-order valence-electron chi connectivity index (χ3n) is 8.10. The Labute approximate surface area is 239 Å². The number of amides is 1. The van der Waals surface area contributed by atoms with Gasteiger partial charge in [0.05, 0.1) is 0 Å². The van der Waals surface area contributed by atoms with Gasteiger partial charge in [-0.15, -0.1) is 0 Å². The fraction of sp³-hybridized carbons (Fsp3) is 0.433. The fourth-order valence-corrected chi connectivity index (χ4v) is 6.12. The number of rotatable bonds is 6. The highest BCUT2D eigenvalue weighted by Gasteiger charge is 2.37. The second-order valence-corrected chi connectivity index (χ2v) is 11.0. The lowest BCUT2D eigenvalue weighted by Gasteiger charge is -2.38. The van der Waals surface area contributed by atoms with E-state index in [1.54, 1.807) is 4.90 Å². The second kappa shape index (κ2) is 11.1. The van der Waals surface area contributed by atoms with Gasteiger partial charge in [-0.25, -0.2) is 0 Å². The van der Waals surface area contributed by atoms with Gasteiger partial charge in [0.25, 0.3) is 5.88 Å². The first kappa shape index (κ1) is 26.7. The molecule has 2 unspecified atom stereocenters. The molecule has 0 radical (unpaired) electrons. The Morgan fingerprint density at radius 2 is 1.90 bits per heavy atom. The van der Waals surface area contributed by atoms with Crippen LogP contribution in [0.1, 0.15) is 31.4 Å². The number of anilines is 1. The van der Waals surface area contributed by atoms with Crippen LogP contribution < -0.4 is 19.1 Å². The molecule has 0 saturated carbocycles. The number of fused-ring (bicyclic) bond motifs is 2. The molecular weight excluding hydrogens is 530 g/mol. The summed E-state index contributed by atoms with van der Waals surface area (Å²) in [4.78, 5) is 27.8. The molecule has 3 aliphatic heterocycles. The van der Waals surface area contributed by atoms with Gasteiger partial charge in [-0.2, -0.15) is 9.97 Å². The largest absolute Gasteiger partial charge is 0.478 e. The Morgan fingerprint density at radius 3 is 2.62 bits per heavy atom. The second-order valence-electron chi connectivity index (χ2n) is 10.6. The summed E-state index contributed by atoms with van der Waals surface area (Å²) in [6, 6.07) is 12.5. The van der Waals surface area contributed by atoms with Crippen LogP contribution in [-0.4, -0.2) is 84.2 Å². The number of ether oxygens (including phenoxy) is 3. The minimum atomic E-state index is -0.435. The third kappa shape index (κ3) is 5.04. The van der Waals surface area contributed by atoms with E-state index in [0.717, 1.165) is 35.7 Å². The topological polar surface area (TPSA) is 80.3 Å². The fourth-order valence-electron chi connectivity index (χ4n) is 5.83. The van der Waals surface area contributed by atoms with E-state index in [4.69, 9.17) is 30.8 Å². The molecular formula is C30H34ClN5O4. The average molecular weight is 564 g/mol. The van der Waals surface area contributed by atoms with Gasteiger partial charge < -0.3 is 28.9 Å². The lowest BCUT2D eigenvalue weighted by molar-refractivity contribution is -0.126. The Hall–Kier alpha value is -3.56. The van der Waals surface area contributed by atoms with Crippen molar-refractivity contribution in [2.75, 3.05) is 51.3 Å². The molecule has 10 heteroatoms. The van der Waals surface area contributed by atoms with Crippen LogP contribution in [0.4, 0.5) is 5.82 Å². The van der Waals surface area contributed by atoms with Gasteiger partial charge in [0.2, 0.25) is 11.7 Å². The molecule has 1 amide bonds. The highest BCUT2D eigenvalue weighted by Crippen LogP contribution is 2.46. The predicted octanol–water partition coefficient (Wildman–Crippen LogP) is 4.49. The molecule has 4 heterocycles. The predicted molar refractivity (Wildman–Crippen MR) is 155 cm³/mol. The molecule has 2 saturated heterocycles. The number of carbonyl (C=O) groups excluding carboxylic acids is 1. The van der Waals surface area contributed by atoms with Crippen molar-refractivity contribution in [1.29, 1.82) is 0 Å². The number of hydrogen-bond donors (Lipinski definition) is 0. The van der Waals surface area contributed by atoms with Gasteiger partial charge in [-0.1, -0.05) is 48.5 Å². The van der Waals surface area contributed by atoms with Gasteiger partial charge >= 0.3 is 6.01 Å². The molecule has 210 valence electrons. The molecule has 0 bridgehead atoms. The zero-order chi connectivity index (χ0) is 27.8. The number of hydrogen-bond acceptors (Lipinski definition) is 8. The van der Waals surface area contributed by atoms with Crippen molar-refractivity contribution in [3.63, 3.8) is 0 Å². The summed E-state index contributed by atoms with van der Waals surface area (Å²) < 4.78 is 19.3. The maximum atomic E-state index is 12.2. The van der Waals surface area contributed by atoms with E-state index >= 15 is 0 Å². The maximum Gasteiger partial charge on any atom is 0.322 e. The summed E-state index contributed by atoms with van der Waals surface area (Å²) in [5, 5.41) is 2.63. The zero-order valence-electron chi connectivity index (χ0n) is 22.9. The van der Waals surface area contributed by atoms with Gasteiger partial charge in [0, 0.05) is 48.2 Å². The standard InChI is InChI=1S/C30H34ClN5O4/c1-4-24(37)35-14-16-36(17-15-35)28-27-29(33-30(32-28)38-18-21-10-7-13-34(21)3)40-26(19(2)39-27)22-11-5-8-20-9-6-12-23(31)25(20)22/h4-6,8-9,11-12,19,21,26H,1,7,10,13-18H2,2-3H3/t19-,21?,26?/m1/s1. The molecule has 0 N–H and O–H groups in total. The molecule has 0 spiro atoms. The molecule has 9 nitrogen and oxygen atoms in total. The highest BCUT2D eigenvalue weighted by atomic mass is 35.5. The molecule has 2 fully saturated rings. The number of carbonyl (C=O) groups is 1. The van der Waals surface area contributed by atoms with Crippen molar-refractivity contribution >= 4 is 34.1 Å². The Morgan fingerprint density at radius 1 is 1.12 bits per heavy atom. The van der Waals surface area contributed by atoms with Crippen molar-refractivity contribution in [3.8, 4) is 17.6 Å². The summed E-state index contributed by atoms with van der Waals surface area (Å²) in [6.07, 6.45) is 2.81. The molecule has 2 aromatic carbocycles. The van der Waals surface area contributed by atoms with Crippen molar-refractivity contribution in [2.45, 2.75) is 38.0 Å². The van der Waals surface area contributed by atoms with Crippen LogP contribution in [0.15, 0.2) is 49.1 Å². The molecule has 3 aliphatic rings. The molecule has 1 aromatic heterocycles. The summed E-state index contributed by atoms with van der Waals surface area (Å²) >= 11 is 6.65. The minimum Gasteiger partial charge on any atom is -0.478 e. The first-order valence-electron chi connectivity index (χ1n) is 13.8. The number of likely N-dealkylation sites (tertiary alicyclic amines) is 1. The van der Waals surface area contributed by atoms with Crippen molar-refractivity contribution in [1.82, 2.24) is 19.8 Å². The van der Waals surface area contributed by atoms with Gasteiger partial charge in [0.1, 0.15) is 12.7 Å². The number of aromatic nitrogens is 2.